The third kappa shape index (κ3) is 4.77. The summed E-state index contributed by atoms with van der Waals surface area (Å²) >= 11 is 0. The van der Waals surface area contributed by atoms with Crippen LogP contribution >= 0.6 is 0 Å². The predicted molar refractivity (Wildman–Crippen MR) is 101 cm³/mol. The molecular weight excluding hydrogens is 312 g/mol. The highest BCUT2D eigenvalue weighted by Crippen LogP contribution is 2.47. The van der Waals surface area contributed by atoms with E-state index in [1.54, 1.807) is 0 Å². The number of nitrogens with one attached hydrogen (secondary N) is 1. The first kappa shape index (κ1) is 19.2. The van der Waals surface area contributed by atoms with E-state index in [9.17, 15) is 9.90 Å². The maximum absolute atomic E-state index is 11.2. The van der Waals surface area contributed by atoms with E-state index in [2.05, 4.69) is 12.2 Å². The molecule has 0 radical (unpaired) electrons. The van der Waals surface area contributed by atoms with Crippen molar-refractivity contribution in [3.63, 3.8) is 0 Å². The molecule has 3 aliphatic rings. The Kier molecular flexibility index (Phi) is 6.79. The molecule has 0 aromatic heterocycles. The van der Waals surface area contributed by atoms with Crippen LogP contribution in [0.5, 0.6) is 0 Å². The Morgan fingerprint density at radius 2 is 1.84 bits per heavy atom. The summed E-state index contributed by atoms with van der Waals surface area (Å²) in [5, 5.41) is 13.0. The predicted octanol–water partition coefficient (Wildman–Crippen LogP) is 4.10. The van der Waals surface area contributed by atoms with Gasteiger partial charge < -0.3 is 5.11 Å². The highest BCUT2D eigenvalue weighted by Gasteiger charge is 2.44. The minimum atomic E-state index is -0.715. The molecule has 4 nitrogen and oxygen atoms in total. The second kappa shape index (κ2) is 8.85. The van der Waals surface area contributed by atoms with Gasteiger partial charge in [0.25, 0.3) is 0 Å². The van der Waals surface area contributed by atoms with Gasteiger partial charge in [0.1, 0.15) is 0 Å². The van der Waals surface area contributed by atoms with Crippen molar-refractivity contribution >= 4 is 5.97 Å². The first-order chi connectivity index (χ1) is 12.1. The lowest BCUT2D eigenvalue weighted by Gasteiger charge is -2.52. The molecule has 25 heavy (non-hydrogen) atoms. The summed E-state index contributed by atoms with van der Waals surface area (Å²) in [6, 6.07) is 0.607. The van der Waals surface area contributed by atoms with Gasteiger partial charge in [0.2, 0.25) is 0 Å². The molecule has 4 heteroatoms. The van der Waals surface area contributed by atoms with E-state index in [1.165, 1.54) is 64.2 Å². The molecule has 3 fully saturated rings. The number of carboxylic acid groups (broad SMARTS) is 1. The molecule has 0 bridgehead atoms. The van der Waals surface area contributed by atoms with Gasteiger partial charge in [0.05, 0.1) is 12.7 Å². The number of carbonyl (C=O) groups is 1. The lowest BCUT2D eigenvalue weighted by Crippen LogP contribution is -2.60. The van der Waals surface area contributed by atoms with Crippen LogP contribution in [0.2, 0.25) is 0 Å². The van der Waals surface area contributed by atoms with Gasteiger partial charge in [-0.25, -0.2) is 0 Å². The fourth-order valence-electron chi connectivity index (χ4n) is 6.13. The molecule has 2 aliphatic carbocycles. The Morgan fingerprint density at radius 1 is 1.08 bits per heavy atom. The SMILES string of the molecule is CCCC1CCC2NC(N(C)CC(=O)O)CC(C3CCCCC3)C2C1. The highest BCUT2D eigenvalue weighted by molar-refractivity contribution is 5.69. The molecular formula is C21H38N2O2. The number of carboxylic acids is 1. The molecule has 0 amide bonds. The smallest absolute Gasteiger partial charge is 0.317 e. The average molecular weight is 351 g/mol. The number of hydrogen-bond donors (Lipinski definition) is 2. The third-order valence-corrected chi connectivity index (χ3v) is 7.33. The van der Waals surface area contributed by atoms with Crippen LogP contribution in [0, 0.1) is 23.7 Å². The lowest BCUT2D eigenvalue weighted by molar-refractivity contribution is -0.139. The van der Waals surface area contributed by atoms with Crippen molar-refractivity contribution in [3.8, 4) is 0 Å². The molecule has 144 valence electrons. The van der Waals surface area contributed by atoms with E-state index < -0.39 is 5.97 Å². The van der Waals surface area contributed by atoms with Crippen LogP contribution in [0.4, 0.5) is 0 Å². The molecule has 1 heterocycles. The Morgan fingerprint density at radius 3 is 2.52 bits per heavy atom. The molecule has 0 aromatic carbocycles. The van der Waals surface area contributed by atoms with Gasteiger partial charge in [-0.05, 0) is 56.4 Å². The Hall–Kier alpha value is -0.610. The van der Waals surface area contributed by atoms with Gasteiger partial charge in [-0.1, -0.05) is 51.9 Å². The quantitative estimate of drug-likeness (QED) is 0.757. The molecule has 0 spiro atoms. The zero-order valence-electron chi connectivity index (χ0n) is 16.3. The average Bonchev–Trinajstić information content (AvgIpc) is 2.61. The monoisotopic (exact) mass is 350 g/mol. The van der Waals surface area contributed by atoms with E-state index in [0.717, 1.165) is 30.1 Å². The topological polar surface area (TPSA) is 52.6 Å². The fraction of sp³-hybridized carbons (Fsp3) is 0.952. The number of fused-ring (bicyclic) bond motifs is 1. The van der Waals surface area contributed by atoms with Crippen LogP contribution < -0.4 is 5.32 Å². The number of likely N-dealkylation sites (N-methyl/N-ethyl adjacent to an activating group) is 1. The summed E-state index contributed by atoms with van der Waals surface area (Å²) in [7, 11) is 1.98. The summed E-state index contributed by atoms with van der Waals surface area (Å²) in [4.78, 5) is 13.2. The Balaban J connectivity index is 1.72. The minimum absolute atomic E-state index is 0.144. The summed E-state index contributed by atoms with van der Waals surface area (Å²) in [6.07, 6.45) is 15.2. The van der Waals surface area contributed by atoms with Crippen LogP contribution in [0.25, 0.3) is 0 Å². The minimum Gasteiger partial charge on any atom is -0.480 e. The van der Waals surface area contributed by atoms with Crippen molar-refractivity contribution in [2.45, 2.75) is 89.8 Å². The number of nitrogens with zero attached hydrogens (tertiary/aromatic N) is 1. The molecule has 1 aliphatic heterocycles. The molecule has 5 unspecified atom stereocenters. The molecule has 3 rings (SSSR count). The largest absolute Gasteiger partial charge is 0.480 e. The highest BCUT2D eigenvalue weighted by atomic mass is 16.4. The maximum Gasteiger partial charge on any atom is 0.317 e. The first-order valence-electron chi connectivity index (χ1n) is 10.8. The van der Waals surface area contributed by atoms with Crippen molar-refractivity contribution in [1.29, 1.82) is 0 Å². The standard InChI is InChI=1S/C21H38N2O2/c1-3-7-15-10-11-19-18(12-15)17(16-8-5-4-6-9-16)13-20(22-19)23(2)14-21(24)25/h15-20,22H,3-14H2,1-2H3,(H,24,25). The van der Waals surface area contributed by atoms with Crippen molar-refractivity contribution in [3.05, 3.63) is 0 Å². The van der Waals surface area contributed by atoms with Gasteiger partial charge in [-0.3, -0.25) is 15.0 Å². The molecule has 1 saturated heterocycles. The second-order valence-electron chi connectivity index (χ2n) is 9.03. The number of hydrogen-bond acceptors (Lipinski definition) is 3. The van der Waals surface area contributed by atoms with Crippen molar-refractivity contribution in [2.24, 2.45) is 23.7 Å². The number of rotatable bonds is 6. The maximum atomic E-state index is 11.2. The van der Waals surface area contributed by atoms with Crippen molar-refractivity contribution in [2.75, 3.05) is 13.6 Å². The third-order valence-electron chi connectivity index (χ3n) is 7.33. The van der Waals surface area contributed by atoms with Crippen LogP contribution in [-0.2, 0) is 4.79 Å². The van der Waals surface area contributed by atoms with E-state index in [1.807, 2.05) is 11.9 Å². The van der Waals surface area contributed by atoms with E-state index in [0.29, 0.717) is 6.04 Å². The second-order valence-corrected chi connectivity index (χ2v) is 9.03. The molecule has 2 N–H and O–H groups in total. The first-order valence-corrected chi connectivity index (χ1v) is 10.8. The van der Waals surface area contributed by atoms with Crippen LogP contribution in [0.15, 0.2) is 0 Å². The lowest BCUT2D eigenvalue weighted by atomic mass is 9.62. The molecule has 2 saturated carbocycles. The van der Waals surface area contributed by atoms with Crippen LogP contribution in [0.3, 0.4) is 0 Å². The zero-order chi connectivity index (χ0) is 17.8. The normalized spacial score (nSPS) is 37.0. The summed E-state index contributed by atoms with van der Waals surface area (Å²) in [6.45, 7) is 2.46. The van der Waals surface area contributed by atoms with E-state index in [4.69, 9.17) is 0 Å². The molecule has 0 aromatic rings. The van der Waals surface area contributed by atoms with Gasteiger partial charge in [-0.2, -0.15) is 0 Å². The number of aliphatic carboxylic acids is 1. The van der Waals surface area contributed by atoms with Crippen molar-refractivity contribution in [1.82, 2.24) is 10.2 Å². The van der Waals surface area contributed by atoms with Crippen molar-refractivity contribution < 1.29 is 9.90 Å². The summed E-state index contributed by atoms with van der Waals surface area (Å²) < 4.78 is 0. The zero-order valence-corrected chi connectivity index (χ0v) is 16.3. The van der Waals surface area contributed by atoms with Gasteiger partial charge in [-0.15, -0.1) is 0 Å². The van der Waals surface area contributed by atoms with E-state index >= 15 is 0 Å². The molecule has 5 atom stereocenters. The Bertz CT molecular complexity index is 436. The van der Waals surface area contributed by atoms with Crippen LogP contribution in [0.1, 0.15) is 77.6 Å². The number of piperidine rings is 1. The van der Waals surface area contributed by atoms with Gasteiger partial charge in [0.15, 0.2) is 0 Å². The summed E-state index contributed by atoms with van der Waals surface area (Å²) in [5.74, 6) is 2.71. The van der Waals surface area contributed by atoms with Gasteiger partial charge >= 0.3 is 5.97 Å². The summed E-state index contributed by atoms with van der Waals surface area (Å²) in [5.41, 5.74) is 0. The fourth-order valence-corrected chi connectivity index (χ4v) is 6.13. The Labute approximate surface area is 153 Å². The van der Waals surface area contributed by atoms with E-state index in [-0.39, 0.29) is 12.7 Å². The van der Waals surface area contributed by atoms with Gasteiger partial charge in [0, 0.05) is 6.04 Å². The van der Waals surface area contributed by atoms with Crippen LogP contribution in [-0.4, -0.2) is 41.8 Å².